The Bertz CT molecular complexity index is 596. The van der Waals surface area contributed by atoms with Gasteiger partial charge in [-0.2, -0.15) is 0 Å². The molecule has 0 aliphatic heterocycles. The predicted molar refractivity (Wildman–Crippen MR) is 75.5 cm³/mol. The molecule has 4 nitrogen and oxygen atoms in total. The van der Waals surface area contributed by atoms with E-state index >= 15 is 0 Å². The van der Waals surface area contributed by atoms with E-state index in [1.54, 1.807) is 24.3 Å². The van der Waals surface area contributed by atoms with Gasteiger partial charge >= 0.3 is 0 Å². The Kier molecular flexibility index (Phi) is 3.57. The van der Waals surface area contributed by atoms with E-state index in [1.807, 2.05) is 0 Å². The van der Waals surface area contributed by atoms with Gasteiger partial charge in [-0.05, 0) is 30.5 Å². The third kappa shape index (κ3) is 2.60. The van der Waals surface area contributed by atoms with Crippen molar-refractivity contribution in [3.8, 4) is 0 Å². The van der Waals surface area contributed by atoms with Crippen molar-refractivity contribution in [1.82, 2.24) is 0 Å². The topological polar surface area (TPSA) is 60.2 Å². The Morgan fingerprint density at radius 1 is 1.24 bits per heavy atom. The first-order valence-corrected chi connectivity index (χ1v) is 7.16. The van der Waals surface area contributed by atoms with Gasteiger partial charge in [0, 0.05) is 23.2 Å². The fourth-order valence-corrected chi connectivity index (χ4v) is 3.67. The number of carbonyl (C=O) groups is 1. The van der Waals surface area contributed by atoms with Crippen molar-refractivity contribution < 1.29 is 14.1 Å². The third-order valence-corrected chi connectivity index (χ3v) is 4.69. The lowest BCUT2D eigenvalue weighted by atomic mass is 9.61. The molecule has 3 aliphatic carbocycles. The Balaban J connectivity index is 1.85. The van der Waals surface area contributed by atoms with Gasteiger partial charge in [0.05, 0.1) is 5.92 Å². The summed E-state index contributed by atoms with van der Waals surface area (Å²) >= 11 is 0. The maximum absolute atomic E-state index is 12.9. The largest absolute Gasteiger partial charge is 0.299 e. The van der Waals surface area contributed by atoms with Gasteiger partial charge in [-0.15, -0.1) is 0 Å². The number of benzene rings is 1. The Morgan fingerprint density at radius 3 is 2.57 bits per heavy atom. The molecule has 5 heteroatoms. The molecule has 0 spiro atoms. The summed E-state index contributed by atoms with van der Waals surface area (Å²) in [7, 11) is 0. The lowest BCUT2D eigenvalue weighted by molar-refractivity contribution is -0.545. The monoisotopic (exact) mass is 289 g/mol. The quantitative estimate of drug-likeness (QED) is 0.634. The number of Topliss-reactive ketones (excluding diaryl/α,β-unsaturated/α-hetero) is 1. The number of carbonyl (C=O) groups excluding carboxylic acids is 1. The molecule has 0 unspecified atom stereocenters. The number of nitrogens with zero attached hydrogens (tertiary/aromatic N) is 1. The lowest BCUT2D eigenvalue weighted by Gasteiger charge is -2.41. The minimum absolute atomic E-state index is 0.139. The number of ketones is 1. The first-order valence-electron chi connectivity index (χ1n) is 7.16. The maximum Gasteiger partial charge on any atom is 0.223 e. The van der Waals surface area contributed by atoms with Gasteiger partial charge in [0.15, 0.2) is 0 Å². The first kappa shape index (κ1) is 13.9. The highest BCUT2D eigenvalue weighted by Crippen LogP contribution is 2.45. The minimum atomic E-state index is -0.668. The molecular formula is C16H16FNO3. The Morgan fingerprint density at radius 2 is 1.95 bits per heavy atom. The minimum Gasteiger partial charge on any atom is -0.299 e. The van der Waals surface area contributed by atoms with Gasteiger partial charge in [0.25, 0.3) is 0 Å². The number of hydrogen-bond donors (Lipinski definition) is 0. The molecule has 3 fully saturated rings. The van der Waals surface area contributed by atoms with Crippen LogP contribution in [0.1, 0.15) is 24.8 Å². The average Bonchev–Trinajstić information content (AvgIpc) is 2.46. The van der Waals surface area contributed by atoms with Crippen molar-refractivity contribution in [1.29, 1.82) is 0 Å². The highest BCUT2D eigenvalue weighted by atomic mass is 19.1. The van der Waals surface area contributed by atoms with Crippen LogP contribution in [0.5, 0.6) is 0 Å². The van der Waals surface area contributed by atoms with Crippen LogP contribution in [0, 0.1) is 33.7 Å². The van der Waals surface area contributed by atoms with Gasteiger partial charge in [-0.1, -0.05) is 24.3 Å². The van der Waals surface area contributed by atoms with Crippen molar-refractivity contribution in [2.75, 3.05) is 0 Å². The van der Waals surface area contributed by atoms with Crippen molar-refractivity contribution in [3.05, 3.63) is 51.8 Å². The third-order valence-electron chi connectivity index (χ3n) is 4.69. The molecule has 0 N–H and O–H groups in total. The van der Waals surface area contributed by atoms with Crippen LogP contribution in [0.15, 0.2) is 30.3 Å². The summed E-state index contributed by atoms with van der Waals surface area (Å²) in [5, 5.41) is 11.3. The van der Waals surface area contributed by atoms with E-state index in [-0.39, 0.29) is 34.3 Å². The summed E-state index contributed by atoms with van der Waals surface area (Å²) in [5.41, 5.74) is 0.785. The van der Waals surface area contributed by atoms with Crippen LogP contribution in [0.4, 0.5) is 4.39 Å². The maximum atomic E-state index is 12.9. The molecular weight excluding hydrogens is 273 g/mol. The summed E-state index contributed by atoms with van der Waals surface area (Å²) < 4.78 is 12.9. The van der Waals surface area contributed by atoms with Crippen LogP contribution in [0.25, 0.3) is 6.08 Å². The second-order valence-corrected chi connectivity index (χ2v) is 5.88. The van der Waals surface area contributed by atoms with Crippen LogP contribution in [-0.4, -0.2) is 16.7 Å². The van der Waals surface area contributed by atoms with Crippen LogP contribution >= 0.6 is 0 Å². The van der Waals surface area contributed by atoms with Gasteiger partial charge in [0.1, 0.15) is 11.6 Å². The van der Waals surface area contributed by atoms with E-state index < -0.39 is 6.04 Å². The molecule has 3 saturated carbocycles. The Labute approximate surface area is 121 Å². The summed E-state index contributed by atoms with van der Waals surface area (Å²) in [6, 6.07) is 5.27. The second-order valence-electron chi connectivity index (χ2n) is 5.88. The van der Waals surface area contributed by atoms with Crippen molar-refractivity contribution in [3.63, 3.8) is 0 Å². The summed E-state index contributed by atoms with van der Waals surface area (Å²) in [5.74, 6) is -0.882. The number of rotatable bonds is 3. The van der Waals surface area contributed by atoms with Crippen LogP contribution in [-0.2, 0) is 4.79 Å². The van der Waals surface area contributed by atoms with Crippen molar-refractivity contribution in [2.45, 2.75) is 25.3 Å². The number of halogens is 1. The van der Waals surface area contributed by atoms with Gasteiger partial charge in [-0.3, -0.25) is 14.9 Å². The van der Waals surface area contributed by atoms with E-state index in [4.69, 9.17) is 0 Å². The molecule has 0 amide bonds. The van der Waals surface area contributed by atoms with Crippen LogP contribution in [0.3, 0.4) is 0 Å². The van der Waals surface area contributed by atoms with E-state index in [0.29, 0.717) is 6.42 Å². The number of hydrogen-bond acceptors (Lipinski definition) is 3. The van der Waals surface area contributed by atoms with E-state index in [2.05, 4.69) is 0 Å². The SMILES string of the molecule is O=C1C[C@@H]2CC[C@H]1[C@@H](C=Cc1ccc(F)cc1)[C@H]2[N+](=O)[O-]. The molecule has 0 radical (unpaired) electrons. The molecule has 4 atom stereocenters. The number of fused-ring (bicyclic) bond motifs is 3. The molecule has 2 bridgehead atoms. The summed E-state index contributed by atoms with van der Waals surface area (Å²) in [6.07, 6.45) is 5.38. The zero-order chi connectivity index (χ0) is 15.0. The molecule has 1 aromatic carbocycles. The highest BCUT2D eigenvalue weighted by molar-refractivity contribution is 5.84. The highest BCUT2D eigenvalue weighted by Gasteiger charge is 2.53. The summed E-state index contributed by atoms with van der Waals surface area (Å²) in [4.78, 5) is 23.1. The molecule has 21 heavy (non-hydrogen) atoms. The van der Waals surface area contributed by atoms with Crippen molar-refractivity contribution >= 4 is 11.9 Å². The molecule has 0 saturated heterocycles. The average molecular weight is 289 g/mol. The van der Waals surface area contributed by atoms with Crippen LogP contribution in [0.2, 0.25) is 0 Å². The molecule has 0 aromatic heterocycles. The zero-order valence-corrected chi connectivity index (χ0v) is 11.4. The molecule has 3 aliphatic rings. The lowest BCUT2D eigenvalue weighted by Crippen LogP contribution is -2.51. The fraction of sp³-hybridized carbons (Fsp3) is 0.438. The van der Waals surface area contributed by atoms with Gasteiger partial charge in [0.2, 0.25) is 6.04 Å². The van der Waals surface area contributed by atoms with Gasteiger partial charge in [-0.25, -0.2) is 4.39 Å². The van der Waals surface area contributed by atoms with E-state index in [0.717, 1.165) is 18.4 Å². The Hall–Kier alpha value is -2.04. The van der Waals surface area contributed by atoms with Crippen molar-refractivity contribution in [2.24, 2.45) is 17.8 Å². The fourth-order valence-electron chi connectivity index (χ4n) is 3.67. The molecule has 4 rings (SSSR count). The normalized spacial score (nSPS) is 31.8. The standard InChI is InChI=1S/C16H16FNO3/c17-12-5-1-10(2-6-12)3-7-14-13-8-4-11(9-15(13)19)16(14)18(20)21/h1-3,5-7,11,13-14,16H,4,8-9H2/t11-,13-,14+,16-/m0/s1. The zero-order valence-electron chi connectivity index (χ0n) is 11.4. The summed E-state index contributed by atoms with van der Waals surface area (Å²) in [6.45, 7) is 0. The molecule has 110 valence electrons. The van der Waals surface area contributed by atoms with E-state index in [1.165, 1.54) is 12.1 Å². The van der Waals surface area contributed by atoms with E-state index in [9.17, 15) is 19.3 Å². The number of nitro groups is 1. The molecule has 0 heterocycles. The first-order chi connectivity index (χ1) is 10.1. The van der Waals surface area contributed by atoms with Crippen LogP contribution < -0.4 is 0 Å². The van der Waals surface area contributed by atoms with Gasteiger partial charge < -0.3 is 0 Å². The second kappa shape index (κ2) is 5.39. The smallest absolute Gasteiger partial charge is 0.223 e. The predicted octanol–water partition coefficient (Wildman–Crippen LogP) is 3.10. The molecule has 1 aromatic rings.